The topological polar surface area (TPSA) is 27.1 Å². The molecule has 0 aliphatic carbocycles. The van der Waals surface area contributed by atoms with Crippen molar-refractivity contribution in [1.29, 1.82) is 0 Å². The molecule has 28 heavy (non-hydrogen) atoms. The Balaban J connectivity index is 1.55. The summed E-state index contributed by atoms with van der Waals surface area (Å²) < 4.78 is 8.35. The molecule has 1 aromatic heterocycles. The van der Waals surface area contributed by atoms with E-state index in [9.17, 15) is 0 Å². The third-order valence-corrected chi connectivity index (χ3v) is 5.04. The van der Waals surface area contributed by atoms with E-state index in [0.717, 1.165) is 35.6 Å². The van der Waals surface area contributed by atoms with Gasteiger partial charge in [0.25, 0.3) is 0 Å². The number of aromatic nitrogens is 2. The summed E-state index contributed by atoms with van der Waals surface area (Å²) in [4.78, 5) is 4.91. The first kappa shape index (κ1) is 18.3. The summed E-state index contributed by atoms with van der Waals surface area (Å²) in [5.74, 6) is 2.00. The Morgan fingerprint density at radius 2 is 1.68 bits per heavy atom. The van der Waals surface area contributed by atoms with Gasteiger partial charge in [-0.05, 0) is 57.0 Å². The highest BCUT2D eigenvalue weighted by molar-refractivity contribution is 5.80. The Bertz CT molecular complexity index is 1110. The lowest BCUT2D eigenvalue weighted by atomic mass is 10.1. The number of hydrogen-bond donors (Lipinski definition) is 0. The summed E-state index contributed by atoms with van der Waals surface area (Å²) in [7, 11) is 0. The zero-order valence-corrected chi connectivity index (χ0v) is 16.8. The summed E-state index contributed by atoms with van der Waals surface area (Å²) in [5, 5.41) is 0. The van der Waals surface area contributed by atoms with E-state index in [4.69, 9.17) is 9.72 Å². The van der Waals surface area contributed by atoms with E-state index in [1.54, 1.807) is 0 Å². The number of nitrogens with zero attached hydrogens (tertiary/aromatic N) is 2. The molecule has 0 saturated carbocycles. The van der Waals surface area contributed by atoms with Gasteiger partial charge < -0.3 is 9.30 Å². The van der Waals surface area contributed by atoms with Crippen molar-refractivity contribution in [1.82, 2.24) is 9.55 Å². The fourth-order valence-corrected chi connectivity index (χ4v) is 3.67. The molecule has 0 saturated heterocycles. The van der Waals surface area contributed by atoms with Crippen molar-refractivity contribution in [3.63, 3.8) is 0 Å². The fourth-order valence-electron chi connectivity index (χ4n) is 3.67. The van der Waals surface area contributed by atoms with Gasteiger partial charge in [0, 0.05) is 12.1 Å². The molecule has 0 spiro atoms. The van der Waals surface area contributed by atoms with Gasteiger partial charge in [-0.1, -0.05) is 53.6 Å². The van der Waals surface area contributed by atoms with Gasteiger partial charge in [0.15, 0.2) is 0 Å². The maximum atomic E-state index is 6.03. The number of para-hydroxylation sites is 2. The maximum absolute atomic E-state index is 6.03. The van der Waals surface area contributed by atoms with Crippen LogP contribution in [0.1, 0.15) is 23.1 Å². The molecular formula is C25H26N2O. The van der Waals surface area contributed by atoms with E-state index in [1.807, 2.05) is 6.07 Å². The number of fused-ring (bicyclic) bond motifs is 1. The van der Waals surface area contributed by atoms with Crippen LogP contribution in [0.2, 0.25) is 0 Å². The Kier molecular flexibility index (Phi) is 5.16. The first-order chi connectivity index (χ1) is 13.6. The third-order valence-electron chi connectivity index (χ3n) is 5.04. The van der Waals surface area contributed by atoms with Crippen molar-refractivity contribution in [2.45, 2.75) is 33.7 Å². The summed E-state index contributed by atoms with van der Waals surface area (Å²) in [5.41, 5.74) is 7.06. The van der Waals surface area contributed by atoms with E-state index in [2.05, 4.69) is 86.0 Å². The molecular weight excluding hydrogens is 344 g/mol. The number of benzene rings is 3. The van der Waals surface area contributed by atoms with Crippen LogP contribution in [0.4, 0.5) is 0 Å². The molecule has 0 atom stereocenters. The number of ether oxygens (including phenoxy) is 1. The quantitative estimate of drug-likeness (QED) is 0.384. The van der Waals surface area contributed by atoms with Crippen LogP contribution < -0.4 is 4.74 Å². The second kappa shape index (κ2) is 7.89. The molecule has 0 aliphatic rings. The summed E-state index contributed by atoms with van der Waals surface area (Å²) >= 11 is 0. The van der Waals surface area contributed by atoms with Crippen molar-refractivity contribution in [3.05, 3.63) is 83.4 Å². The minimum absolute atomic E-state index is 0.684. The monoisotopic (exact) mass is 370 g/mol. The Hall–Kier alpha value is -3.07. The minimum atomic E-state index is 0.684. The van der Waals surface area contributed by atoms with Gasteiger partial charge in [-0.15, -0.1) is 0 Å². The van der Waals surface area contributed by atoms with Gasteiger partial charge in [-0.3, -0.25) is 0 Å². The normalized spacial score (nSPS) is 11.1. The fraction of sp³-hybridized carbons (Fsp3) is 0.240. The average Bonchev–Trinajstić information content (AvgIpc) is 3.05. The van der Waals surface area contributed by atoms with Crippen molar-refractivity contribution in [3.8, 4) is 17.1 Å². The zero-order valence-electron chi connectivity index (χ0n) is 16.8. The van der Waals surface area contributed by atoms with Crippen LogP contribution in [0.25, 0.3) is 22.4 Å². The molecule has 0 bridgehead atoms. The summed E-state index contributed by atoms with van der Waals surface area (Å²) in [6.07, 6.45) is 0.923. The average molecular weight is 370 g/mol. The Morgan fingerprint density at radius 1 is 0.857 bits per heavy atom. The van der Waals surface area contributed by atoms with E-state index >= 15 is 0 Å². The van der Waals surface area contributed by atoms with Gasteiger partial charge in [0.1, 0.15) is 11.6 Å². The van der Waals surface area contributed by atoms with Crippen LogP contribution in [0.5, 0.6) is 5.75 Å². The van der Waals surface area contributed by atoms with Crippen molar-refractivity contribution >= 4 is 11.0 Å². The van der Waals surface area contributed by atoms with E-state index in [0.29, 0.717) is 6.61 Å². The molecule has 1 heterocycles. The molecule has 0 N–H and O–H groups in total. The smallest absolute Gasteiger partial charge is 0.141 e. The van der Waals surface area contributed by atoms with Gasteiger partial charge >= 0.3 is 0 Å². The first-order valence-electron chi connectivity index (χ1n) is 9.84. The minimum Gasteiger partial charge on any atom is -0.493 e. The molecule has 0 unspecified atom stereocenters. The van der Waals surface area contributed by atoms with Crippen LogP contribution in [-0.4, -0.2) is 16.2 Å². The number of hydrogen-bond acceptors (Lipinski definition) is 2. The highest BCUT2D eigenvalue weighted by Crippen LogP contribution is 2.26. The largest absolute Gasteiger partial charge is 0.493 e. The molecule has 0 radical (unpaired) electrons. The highest BCUT2D eigenvalue weighted by atomic mass is 16.5. The molecule has 3 nitrogen and oxygen atoms in total. The molecule has 4 rings (SSSR count). The lowest BCUT2D eigenvalue weighted by Gasteiger charge is -2.12. The van der Waals surface area contributed by atoms with E-state index in [-0.39, 0.29) is 0 Å². The molecule has 4 aromatic rings. The van der Waals surface area contributed by atoms with Gasteiger partial charge in [0.2, 0.25) is 0 Å². The molecule has 142 valence electrons. The van der Waals surface area contributed by atoms with Crippen LogP contribution in [-0.2, 0) is 6.54 Å². The van der Waals surface area contributed by atoms with Crippen molar-refractivity contribution < 1.29 is 4.74 Å². The molecule has 0 amide bonds. The zero-order chi connectivity index (χ0) is 19.5. The summed E-state index contributed by atoms with van der Waals surface area (Å²) in [6, 6.07) is 23.2. The second-order valence-corrected chi connectivity index (χ2v) is 7.42. The van der Waals surface area contributed by atoms with E-state index in [1.165, 1.54) is 22.2 Å². The van der Waals surface area contributed by atoms with Crippen LogP contribution in [0.3, 0.4) is 0 Å². The molecule has 0 aliphatic heterocycles. The van der Waals surface area contributed by atoms with Gasteiger partial charge in [-0.25, -0.2) is 4.98 Å². The predicted molar refractivity (Wildman–Crippen MR) is 116 cm³/mol. The highest BCUT2D eigenvalue weighted by Gasteiger charge is 2.12. The second-order valence-electron chi connectivity index (χ2n) is 7.42. The van der Waals surface area contributed by atoms with E-state index < -0.39 is 0 Å². The van der Waals surface area contributed by atoms with Crippen LogP contribution in [0.15, 0.2) is 66.7 Å². The predicted octanol–water partition coefficient (Wildman–Crippen LogP) is 6.10. The van der Waals surface area contributed by atoms with Gasteiger partial charge in [-0.2, -0.15) is 0 Å². The standard InChI is InChI=1S/C25H26N2O/c1-18-8-6-9-21(17-18)25-26-22-10-4-5-11-23(22)27(25)14-7-15-28-24-13-12-19(2)16-20(24)3/h4-6,8-13,16-17H,7,14-15H2,1-3H3. The maximum Gasteiger partial charge on any atom is 0.141 e. The van der Waals surface area contributed by atoms with Crippen LogP contribution >= 0.6 is 0 Å². The van der Waals surface area contributed by atoms with Crippen molar-refractivity contribution in [2.75, 3.05) is 6.61 Å². The molecule has 3 heteroatoms. The number of imidazole rings is 1. The van der Waals surface area contributed by atoms with Crippen LogP contribution in [0, 0.1) is 20.8 Å². The lowest BCUT2D eigenvalue weighted by Crippen LogP contribution is -2.06. The Labute approximate surface area is 166 Å². The van der Waals surface area contributed by atoms with Crippen molar-refractivity contribution in [2.24, 2.45) is 0 Å². The lowest BCUT2D eigenvalue weighted by molar-refractivity contribution is 0.301. The molecule has 3 aromatic carbocycles. The first-order valence-corrected chi connectivity index (χ1v) is 9.84. The number of aryl methyl sites for hydroxylation is 4. The van der Waals surface area contributed by atoms with Gasteiger partial charge in [0.05, 0.1) is 17.6 Å². The summed E-state index contributed by atoms with van der Waals surface area (Å²) in [6.45, 7) is 7.88. The molecule has 0 fully saturated rings. The Morgan fingerprint density at radius 3 is 2.50 bits per heavy atom. The number of rotatable bonds is 6. The third kappa shape index (κ3) is 3.79. The SMILES string of the molecule is Cc1cccc(-c2nc3ccccc3n2CCCOc2ccc(C)cc2C)c1.